The molecule has 0 saturated carbocycles. The van der Waals surface area contributed by atoms with Crippen molar-refractivity contribution in [3.8, 4) is 0 Å². The Morgan fingerprint density at radius 2 is 2.05 bits per heavy atom. The van der Waals surface area contributed by atoms with Gasteiger partial charge in [0.15, 0.2) is 0 Å². The van der Waals surface area contributed by atoms with Crippen molar-refractivity contribution in [3.63, 3.8) is 0 Å². The van der Waals surface area contributed by atoms with Crippen molar-refractivity contribution >= 4 is 33.6 Å². The van der Waals surface area contributed by atoms with Gasteiger partial charge in [-0.2, -0.15) is 0 Å². The number of halogens is 2. The molecule has 0 aliphatic heterocycles. The second-order valence-electron chi connectivity index (χ2n) is 4.05. The number of rotatable bonds is 4. The lowest BCUT2D eigenvalue weighted by atomic mass is 10.2. The minimum absolute atomic E-state index is 0.267. The molecule has 98 valence electrons. The lowest BCUT2D eigenvalue weighted by Gasteiger charge is -2.24. The van der Waals surface area contributed by atoms with Crippen molar-refractivity contribution in [2.24, 2.45) is 0 Å². The lowest BCUT2D eigenvalue weighted by Crippen LogP contribution is -2.16. The fourth-order valence-electron chi connectivity index (χ4n) is 1.95. The first-order chi connectivity index (χ1) is 9.15. The van der Waals surface area contributed by atoms with E-state index in [2.05, 4.69) is 15.9 Å². The number of aldehydes is 1. The third-order valence-electron chi connectivity index (χ3n) is 2.83. The molecule has 0 heterocycles. The predicted molar refractivity (Wildman–Crippen MR) is 78.6 cm³/mol. The van der Waals surface area contributed by atoms with E-state index in [0.717, 1.165) is 22.1 Å². The first-order valence-electron chi connectivity index (χ1n) is 5.93. The third kappa shape index (κ3) is 3.01. The van der Waals surface area contributed by atoms with E-state index in [0.29, 0.717) is 12.1 Å². The third-order valence-corrected chi connectivity index (χ3v) is 3.47. The summed E-state index contributed by atoms with van der Waals surface area (Å²) >= 11 is 3.45. The molecule has 0 amide bonds. The maximum atomic E-state index is 13.3. The zero-order valence-electron chi connectivity index (χ0n) is 10.4. The Morgan fingerprint density at radius 1 is 1.26 bits per heavy atom. The van der Waals surface area contributed by atoms with Gasteiger partial charge in [0.05, 0.1) is 5.69 Å². The van der Waals surface area contributed by atoms with Crippen LogP contribution in [0.25, 0.3) is 0 Å². The van der Waals surface area contributed by atoms with Gasteiger partial charge in [-0.1, -0.05) is 6.07 Å². The molecule has 0 N–H and O–H groups in total. The SMILES string of the molecule is CCN(c1cccc(F)c1)c1ccc(C=O)cc1Br. The standard InChI is InChI=1S/C15H13BrFNO/c1-2-18(13-5-3-4-12(17)9-13)15-7-6-11(10-19)8-14(15)16/h3-10H,2H2,1H3. The Kier molecular flexibility index (Phi) is 4.32. The van der Waals surface area contributed by atoms with Crippen LogP contribution in [0.1, 0.15) is 17.3 Å². The average Bonchev–Trinajstić information content (AvgIpc) is 2.41. The van der Waals surface area contributed by atoms with E-state index in [9.17, 15) is 9.18 Å². The number of carbonyl (C=O) groups is 1. The van der Waals surface area contributed by atoms with Gasteiger partial charge in [0.1, 0.15) is 12.1 Å². The molecule has 0 aliphatic carbocycles. The van der Waals surface area contributed by atoms with Gasteiger partial charge in [-0.15, -0.1) is 0 Å². The summed E-state index contributed by atoms with van der Waals surface area (Å²) in [6.07, 6.45) is 0.799. The van der Waals surface area contributed by atoms with Gasteiger partial charge < -0.3 is 4.90 Å². The zero-order chi connectivity index (χ0) is 13.8. The molecule has 2 aromatic carbocycles. The van der Waals surface area contributed by atoms with Crippen molar-refractivity contribution in [2.45, 2.75) is 6.92 Å². The van der Waals surface area contributed by atoms with Crippen LogP contribution in [0.2, 0.25) is 0 Å². The van der Waals surface area contributed by atoms with Gasteiger partial charge in [0.2, 0.25) is 0 Å². The first kappa shape index (κ1) is 13.7. The quantitative estimate of drug-likeness (QED) is 0.769. The molecule has 2 rings (SSSR count). The highest BCUT2D eigenvalue weighted by molar-refractivity contribution is 9.10. The number of anilines is 2. The van der Waals surface area contributed by atoms with Crippen LogP contribution >= 0.6 is 15.9 Å². The van der Waals surface area contributed by atoms with Crippen LogP contribution in [0.15, 0.2) is 46.9 Å². The summed E-state index contributed by atoms with van der Waals surface area (Å²) in [5, 5.41) is 0. The second-order valence-corrected chi connectivity index (χ2v) is 4.91. The predicted octanol–water partition coefficient (Wildman–Crippen LogP) is 4.56. The fourth-order valence-corrected chi connectivity index (χ4v) is 2.56. The maximum Gasteiger partial charge on any atom is 0.150 e. The van der Waals surface area contributed by atoms with Crippen molar-refractivity contribution in [2.75, 3.05) is 11.4 Å². The molecule has 0 bridgehead atoms. The molecule has 0 saturated heterocycles. The molecule has 2 aromatic rings. The Bertz CT molecular complexity index is 600. The molecular formula is C15H13BrFNO. The van der Waals surface area contributed by atoms with Crippen LogP contribution in [-0.2, 0) is 0 Å². The van der Waals surface area contributed by atoms with Crippen LogP contribution in [-0.4, -0.2) is 12.8 Å². The van der Waals surface area contributed by atoms with Crippen molar-refractivity contribution in [1.29, 1.82) is 0 Å². The largest absolute Gasteiger partial charge is 0.341 e. The monoisotopic (exact) mass is 321 g/mol. The van der Waals surface area contributed by atoms with E-state index < -0.39 is 0 Å². The zero-order valence-corrected chi connectivity index (χ0v) is 12.0. The highest BCUT2D eigenvalue weighted by Crippen LogP contribution is 2.32. The van der Waals surface area contributed by atoms with E-state index in [1.807, 2.05) is 24.0 Å². The van der Waals surface area contributed by atoms with Gasteiger partial charge in [0, 0.05) is 22.3 Å². The summed E-state index contributed by atoms with van der Waals surface area (Å²) < 4.78 is 14.1. The van der Waals surface area contributed by atoms with Crippen LogP contribution in [0.3, 0.4) is 0 Å². The molecule has 2 nitrogen and oxygen atoms in total. The van der Waals surface area contributed by atoms with Crippen molar-refractivity contribution < 1.29 is 9.18 Å². The first-order valence-corrected chi connectivity index (χ1v) is 6.73. The number of nitrogens with zero attached hydrogens (tertiary/aromatic N) is 1. The molecular weight excluding hydrogens is 309 g/mol. The molecule has 0 radical (unpaired) electrons. The Labute approximate surface area is 120 Å². The Balaban J connectivity index is 2.45. The fraction of sp³-hybridized carbons (Fsp3) is 0.133. The normalized spacial score (nSPS) is 10.3. The Hall–Kier alpha value is -1.68. The van der Waals surface area contributed by atoms with Crippen LogP contribution < -0.4 is 4.90 Å². The highest BCUT2D eigenvalue weighted by atomic mass is 79.9. The molecule has 19 heavy (non-hydrogen) atoms. The van der Waals surface area contributed by atoms with Crippen LogP contribution in [0.5, 0.6) is 0 Å². The topological polar surface area (TPSA) is 20.3 Å². The molecule has 0 aliphatic rings. The molecule has 0 aromatic heterocycles. The number of benzene rings is 2. The van der Waals surface area contributed by atoms with E-state index >= 15 is 0 Å². The van der Waals surface area contributed by atoms with E-state index in [1.54, 1.807) is 18.2 Å². The summed E-state index contributed by atoms with van der Waals surface area (Å²) in [4.78, 5) is 12.7. The highest BCUT2D eigenvalue weighted by Gasteiger charge is 2.11. The van der Waals surface area contributed by atoms with Gasteiger partial charge in [-0.3, -0.25) is 4.79 Å². The smallest absolute Gasteiger partial charge is 0.150 e. The van der Waals surface area contributed by atoms with Gasteiger partial charge in [-0.05, 0) is 59.3 Å². The van der Waals surface area contributed by atoms with E-state index in [4.69, 9.17) is 0 Å². The van der Waals surface area contributed by atoms with E-state index in [-0.39, 0.29) is 5.82 Å². The van der Waals surface area contributed by atoms with Crippen molar-refractivity contribution in [3.05, 3.63) is 58.3 Å². The van der Waals surface area contributed by atoms with Gasteiger partial charge >= 0.3 is 0 Å². The number of hydrogen-bond donors (Lipinski definition) is 0. The van der Waals surface area contributed by atoms with Crippen LogP contribution in [0, 0.1) is 5.82 Å². The van der Waals surface area contributed by atoms with E-state index in [1.165, 1.54) is 12.1 Å². The summed E-state index contributed by atoms with van der Waals surface area (Å²) in [6, 6.07) is 11.8. The number of carbonyl (C=O) groups excluding carboxylic acids is 1. The van der Waals surface area contributed by atoms with Gasteiger partial charge in [-0.25, -0.2) is 4.39 Å². The molecule has 0 spiro atoms. The Morgan fingerprint density at radius 3 is 2.63 bits per heavy atom. The minimum Gasteiger partial charge on any atom is -0.341 e. The van der Waals surface area contributed by atoms with Crippen LogP contribution in [0.4, 0.5) is 15.8 Å². The maximum absolute atomic E-state index is 13.3. The molecule has 4 heteroatoms. The molecule has 0 atom stereocenters. The van der Waals surface area contributed by atoms with Crippen molar-refractivity contribution in [1.82, 2.24) is 0 Å². The molecule has 0 unspecified atom stereocenters. The average molecular weight is 322 g/mol. The lowest BCUT2D eigenvalue weighted by molar-refractivity contribution is 0.112. The molecule has 0 fully saturated rings. The van der Waals surface area contributed by atoms with Gasteiger partial charge in [0.25, 0.3) is 0 Å². The summed E-state index contributed by atoms with van der Waals surface area (Å²) in [5.74, 6) is -0.267. The summed E-state index contributed by atoms with van der Waals surface area (Å²) in [5.41, 5.74) is 2.28. The summed E-state index contributed by atoms with van der Waals surface area (Å²) in [7, 11) is 0. The minimum atomic E-state index is -0.267. The summed E-state index contributed by atoms with van der Waals surface area (Å²) in [6.45, 7) is 2.69. The second kappa shape index (κ2) is 5.97. The number of hydrogen-bond acceptors (Lipinski definition) is 2.